The molecular weight excluding hydrogens is 328 g/mol. The van der Waals surface area contributed by atoms with E-state index < -0.39 is 0 Å². The van der Waals surface area contributed by atoms with Gasteiger partial charge in [0.2, 0.25) is 5.91 Å². The first kappa shape index (κ1) is 17.8. The van der Waals surface area contributed by atoms with Crippen LogP contribution in [0.2, 0.25) is 0 Å². The number of nitrogens with one attached hydrogen (secondary N) is 1. The molecule has 134 valence electrons. The molecule has 1 amide bonds. The molecule has 0 fully saturated rings. The molecule has 0 aliphatic rings. The maximum absolute atomic E-state index is 12.6. The van der Waals surface area contributed by atoms with E-state index in [1.165, 1.54) is 16.5 Å². The van der Waals surface area contributed by atoms with Crippen LogP contribution in [0.15, 0.2) is 53.6 Å². The van der Waals surface area contributed by atoms with E-state index in [0.717, 1.165) is 12.1 Å². The SMILES string of the molecule is Cc1cccc2c(=O)n(CC(=O)Nc3ccc(CN(C)C)cc3)cnc12. The number of hydrogen-bond donors (Lipinski definition) is 1. The van der Waals surface area contributed by atoms with Gasteiger partial charge in [-0.1, -0.05) is 24.3 Å². The zero-order valence-corrected chi connectivity index (χ0v) is 15.2. The van der Waals surface area contributed by atoms with Crippen molar-refractivity contribution >= 4 is 22.5 Å². The summed E-state index contributed by atoms with van der Waals surface area (Å²) in [5.41, 5.74) is 3.27. The van der Waals surface area contributed by atoms with Gasteiger partial charge in [0.15, 0.2) is 0 Å². The number of benzene rings is 2. The molecular formula is C20H22N4O2. The van der Waals surface area contributed by atoms with E-state index in [-0.39, 0.29) is 18.0 Å². The Morgan fingerprint density at radius 1 is 1.15 bits per heavy atom. The molecule has 0 saturated carbocycles. The summed E-state index contributed by atoms with van der Waals surface area (Å²) in [7, 11) is 4.01. The second-order valence-electron chi connectivity index (χ2n) is 6.63. The molecule has 0 bridgehead atoms. The van der Waals surface area contributed by atoms with Crippen LogP contribution >= 0.6 is 0 Å². The van der Waals surface area contributed by atoms with Crippen molar-refractivity contribution in [1.29, 1.82) is 0 Å². The summed E-state index contributed by atoms with van der Waals surface area (Å²) in [6.45, 7) is 2.67. The standard InChI is InChI=1S/C20H22N4O2/c1-14-5-4-6-17-19(14)21-13-24(20(17)26)12-18(25)22-16-9-7-15(8-10-16)11-23(2)3/h4-10,13H,11-12H2,1-3H3,(H,22,25). The topological polar surface area (TPSA) is 67.2 Å². The van der Waals surface area contributed by atoms with Crippen molar-refractivity contribution in [3.05, 3.63) is 70.3 Å². The Labute approximate surface area is 152 Å². The predicted octanol–water partition coefficient (Wildman–Crippen LogP) is 2.41. The van der Waals surface area contributed by atoms with Gasteiger partial charge in [0.05, 0.1) is 17.2 Å². The third-order valence-corrected chi connectivity index (χ3v) is 4.11. The molecule has 6 heteroatoms. The summed E-state index contributed by atoms with van der Waals surface area (Å²) in [5.74, 6) is -0.263. The largest absolute Gasteiger partial charge is 0.325 e. The van der Waals surface area contributed by atoms with E-state index in [1.807, 2.05) is 57.4 Å². The summed E-state index contributed by atoms with van der Waals surface area (Å²) in [6.07, 6.45) is 1.43. The van der Waals surface area contributed by atoms with Gasteiger partial charge in [-0.15, -0.1) is 0 Å². The quantitative estimate of drug-likeness (QED) is 0.767. The van der Waals surface area contributed by atoms with Crippen LogP contribution in [0.25, 0.3) is 10.9 Å². The van der Waals surface area contributed by atoms with Crippen molar-refractivity contribution < 1.29 is 4.79 Å². The lowest BCUT2D eigenvalue weighted by atomic mass is 10.1. The number of carbonyl (C=O) groups excluding carboxylic acids is 1. The van der Waals surface area contributed by atoms with Gasteiger partial charge in [0.25, 0.3) is 5.56 Å². The molecule has 0 aliphatic heterocycles. The van der Waals surface area contributed by atoms with Gasteiger partial charge < -0.3 is 10.2 Å². The van der Waals surface area contributed by atoms with Crippen molar-refractivity contribution in [3.63, 3.8) is 0 Å². The minimum absolute atomic E-state index is 0.0742. The van der Waals surface area contributed by atoms with Crippen LogP contribution in [-0.4, -0.2) is 34.5 Å². The fraction of sp³-hybridized carbons (Fsp3) is 0.250. The highest BCUT2D eigenvalue weighted by atomic mass is 16.2. The van der Waals surface area contributed by atoms with Gasteiger partial charge in [-0.25, -0.2) is 4.98 Å². The van der Waals surface area contributed by atoms with Gasteiger partial charge in [-0.2, -0.15) is 0 Å². The van der Waals surface area contributed by atoms with Crippen LogP contribution in [0.3, 0.4) is 0 Å². The van der Waals surface area contributed by atoms with Crippen LogP contribution in [0.4, 0.5) is 5.69 Å². The minimum Gasteiger partial charge on any atom is -0.325 e. The molecule has 3 rings (SSSR count). The molecule has 0 atom stereocenters. The third-order valence-electron chi connectivity index (χ3n) is 4.11. The van der Waals surface area contributed by atoms with Crippen molar-refractivity contribution in [1.82, 2.24) is 14.5 Å². The maximum atomic E-state index is 12.6. The number of fused-ring (bicyclic) bond motifs is 1. The molecule has 1 heterocycles. The van der Waals surface area contributed by atoms with E-state index in [9.17, 15) is 9.59 Å². The normalized spacial score (nSPS) is 11.1. The molecule has 0 radical (unpaired) electrons. The molecule has 0 spiro atoms. The smallest absolute Gasteiger partial charge is 0.261 e. The van der Waals surface area contributed by atoms with Gasteiger partial charge in [-0.3, -0.25) is 14.2 Å². The van der Waals surface area contributed by atoms with E-state index in [4.69, 9.17) is 0 Å². The van der Waals surface area contributed by atoms with Gasteiger partial charge >= 0.3 is 0 Å². The second-order valence-corrected chi connectivity index (χ2v) is 6.63. The van der Waals surface area contributed by atoms with Crippen molar-refractivity contribution in [2.45, 2.75) is 20.0 Å². The Balaban J connectivity index is 1.73. The zero-order chi connectivity index (χ0) is 18.7. The van der Waals surface area contributed by atoms with Gasteiger partial charge in [-0.05, 0) is 50.3 Å². The van der Waals surface area contributed by atoms with Crippen molar-refractivity contribution in [2.24, 2.45) is 0 Å². The number of hydrogen-bond acceptors (Lipinski definition) is 4. The lowest BCUT2D eigenvalue weighted by Gasteiger charge is -2.11. The van der Waals surface area contributed by atoms with Crippen LogP contribution in [0, 0.1) is 6.92 Å². The molecule has 1 N–H and O–H groups in total. The molecule has 3 aromatic rings. The first-order valence-electron chi connectivity index (χ1n) is 8.42. The number of para-hydroxylation sites is 1. The summed E-state index contributed by atoms with van der Waals surface area (Å²) in [4.78, 5) is 31.2. The number of amides is 1. The molecule has 6 nitrogen and oxygen atoms in total. The summed E-state index contributed by atoms with van der Waals surface area (Å²) in [6, 6.07) is 13.1. The molecule has 0 aliphatic carbocycles. The number of nitrogens with zero attached hydrogens (tertiary/aromatic N) is 3. The molecule has 2 aromatic carbocycles. The number of anilines is 1. The average Bonchev–Trinajstić information content (AvgIpc) is 2.59. The van der Waals surface area contributed by atoms with Crippen molar-refractivity contribution in [2.75, 3.05) is 19.4 Å². The highest BCUT2D eigenvalue weighted by Crippen LogP contribution is 2.12. The summed E-state index contributed by atoms with van der Waals surface area (Å²) < 4.78 is 1.33. The Hall–Kier alpha value is -2.99. The average molecular weight is 350 g/mol. The Morgan fingerprint density at radius 3 is 2.58 bits per heavy atom. The van der Waals surface area contributed by atoms with E-state index in [1.54, 1.807) is 6.07 Å². The number of aryl methyl sites for hydroxylation is 1. The Morgan fingerprint density at radius 2 is 1.88 bits per heavy atom. The van der Waals surface area contributed by atoms with Crippen LogP contribution < -0.4 is 10.9 Å². The first-order valence-corrected chi connectivity index (χ1v) is 8.42. The minimum atomic E-state index is -0.263. The fourth-order valence-electron chi connectivity index (χ4n) is 2.86. The van der Waals surface area contributed by atoms with E-state index >= 15 is 0 Å². The third kappa shape index (κ3) is 3.97. The maximum Gasteiger partial charge on any atom is 0.261 e. The van der Waals surface area contributed by atoms with Gasteiger partial charge in [0.1, 0.15) is 6.54 Å². The monoisotopic (exact) mass is 350 g/mol. The highest BCUT2D eigenvalue weighted by molar-refractivity contribution is 5.90. The van der Waals surface area contributed by atoms with Crippen molar-refractivity contribution in [3.8, 4) is 0 Å². The lowest BCUT2D eigenvalue weighted by molar-refractivity contribution is -0.116. The van der Waals surface area contributed by atoms with Gasteiger partial charge in [0, 0.05) is 12.2 Å². The number of aromatic nitrogens is 2. The lowest BCUT2D eigenvalue weighted by Crippen LogP contribution is -2.28. The Kier molecular flexibility index (Phi) is 5.14. The zero-order valence-electron chi connectivity index (χ0n) is 15.2. The van der Waals surface area contributed by atoms with E-state index in [2.05, 4.69) is 15.2 Å². The second kappa shape index (κ2) is 7.49. The molecule has 26 heavy (non-hydrogen) atoms. The number of carbonyl (C=O) groups is 1. The molecule has 0 unspecified atom stereocenters. The number of rotatable bonds is 5. The van der Waals surface area contributed by atoms with Crippen LogP contribution in [-0.2, 0) is 17.9 Å². The molecule has 1 aromatic heterocycles. The summed E-state index contributed by atoms with van der Waals surface area (Å²) in [5, 5.41) is 3.34. The first-order chi connectivity index (χ1) is 12.4. The van der Waals surface area contributed by atoms with E-state index in [0.29, 0.717) is 16.6 Å². The summed E-state index contributed by atoms with van der Waals surface area (Å²) >= 11 is 0. The van der Waals surface area contributed by atoms with Crippen LogP contribution in [0.1, 0.15) is 11.1 Å². The molecule has 0 saturated heterocycles. The fourth-order valence-corrected chi connectivity index (χ4v) is 2.86. The highest BCUT2D eigenvalue weighted by Gasteiger charge is 2.09. The van der Waals surface area contributed by atoms with Crippen LogP contribution in [0.5, 0.6) is 0 Å². The predicted molar refractivity (Wildman–Crippen MR) is 103 cm³/mol. The Bertz CT molecular complexity index is 991.